The van der Waals surface area contributed by atoms with Gasteiger partial charge in [-0.05, 0) is 40.5 Å². The van der Waals surface area contributed by atoms with Gasteiger partial charge in [-0.1, -0.05) is 0 Å². The third-order valence-corrected chi connectivity index (χ3v) is 3.04. The summed E-state index contributed by atoms with van der Waals surface area (Å²) >= 11 is 3.22. The predicted molar refractivity (Wildman–Crippen MR) is 67.4 cm³/mol. The van der Waals surface area contributed by atoms with Crippen molar-refractivity contribution < 1.29 is 9.84 Å². The second kappa shape index (κ2) is 5.36. The molecule has 1 unspecified atom stereocenters. The summed E-state index contributed by atoms with van der Waals surface area (Å²) in [6.07, 6.45) is 0.398. The van der Waals surface area contributed by atoms with Gasteiger partial charge in [-0.25, -0.2) is 5.43 Å². The summed E-state index contributed by atoms with van der Waals surface area (Å²) in [5.74, 6) is 5.73. The van der Waals surface area contributed by atoms with Gasteiger partial charge in [-0.15, -0.1) is 0 Å². The molecule has 0 aliphatic heterocycles. The summed E-state index contributed by atoms with van der Waals surface area (Å²) in [4.78, 5) is 0. The molecule has 1 aromatic rings. The van der Waals surface area contributed by atoms with E-state index in [1.807, 2.05) is 0 Å². The van der Waals surface area contributed by atoms with E-state index in [4.69, 9.17) is 15.8 Å². The molecule has 0 fully saturated rings. The molecule has 1 atom stereocenters. The first kappa shape index (κ1) is 13.8. The van der Waals surface area contributed by atoms with Crippen LogP contribution in [0.15, 0.2) is 16.6 Å². The fraction of sp³-hybridized carbons (Fsp3) is 0.364. The zero-order valence-corrected chi connectivity index (χ0v) is 11.2. The van der Waals surface area contributed by atoms with Crippen LogP contribution in [-0.2, 0) is 6.42 Å². The summed E-state index contributed by atoms with van der Waals surface area (Å²) in [6.45, 7) is 1.69. The lowest BCUT2D eigenvalue weighted by atomic mass is 9.95. The number of hydrogen-bond acceptors (Lipinski definition) is 5. The number of ether oxygens (including phenoxy) is 1. The Hall–Kier alpha value is -1.29. The van der Waals surface area contributed by atoms with Crippen LogP contribution in [0.2, 0.25) is 0 Å². The highest BCUT2D eigenvalue weighted by Crippen LogP contribution is 2.35. The minimum Gasteiger partial charge on any atom is -0.503 e. The third kappa shape index (κ3) is 3.09. The number of phenols is 1. The molecule has 0 aliphatic carbocycles. The third-order valence-electron chi connectivity index (χ3n) is 2.43. The van der Waals surface area contributed by atoms with Crippen LogP contribution in [0.5, 0.6) is 11.5 Å². The average molecular weight is 300 g/mol. The lowest BCUT2D eigenvalue weighted by Gasteiger charge is -2.20. The van der Waals surface area contributed by atoms with E-state index in [0.717, 1.165) is 5.56 Å². The Labute approximate surface area is 108 Å². The standard InChI is InChI=1S/C11H14BrN3O2/c1-11(6-13,15-14)5-7-3-8(12)10(16)9(4-7)17-2/h3-4,15-16H,5,14H2,1-2H3. The Balaban J connectivity index is 3.09. The molecule has 1 rings (SSSR count). The van der Waals surface area contributed by atoms with E-state index >= 15 is 0 Å². The fourth-order valence-corrected chi connectivity index (χ4v) is 1.91. The van der Waals surface area contributed by atoms with Gasteiger partial charge in [0, 0.05) is 6.42 Å². The maximum absolute atomic E-state index is 9.66. The number of halogens is 1. The second-order valence-electron chi connectivity index (χ2n) is 3.89. The number of nitrogens with one attached hydrogen (secondary N) is 1. The van der Waals surface area contributed by atoms with Crippen molar-refractivity contribution in [1.82, 2.24) is 5.43 Å². The monoisotopic (exact) mass is 299 g/mol. The molecule has 92 valence electrons. The van der Waals surface area contributed by atoms with Crippen molar-refractivity contribution in [3.63, 3.8) is 0 Å². The summed E-state index contributed by atoms with van der Waals surface area (Å²) in [6, 6.07) is 5.49. The van der Waals surface area contributed by atoms with Crippen LogP contribution in [0.25, 0.3) is 0 Å². The van der Waals surface area contributed by atoms with Gasteiger partial charge in [-0.2, -0.15) is 5.26 Å². The largest absolute Gasteiger partial charge is 0.503 e. The van der Waals surface area contributed by atoms with Crippen LogP contribution in [-0.4, -0.2) is 17.8 Å². The Morgan fingerprint density at radius 1 is 1.65 bits per heavy atom. The van der Waals surface area contributed by atoms with Gasteiger partial charge in [0.05, 0.1) is 17.7 Å². The molecular formula is C11H14BrN3O2. The maximum atomic E-state index is 9.66. The number of rotatable bonds is 4. The van der Waals surface area contributed by atoms with Gasteiger partial charge in [0.15, 0.2) is 11.5 Å². The smallest absolute Gasteiger partial charge is 0.172 e. The molecule has 0 amide bonds. The maximum Gasteiger partial charge on any atom is 0.172 e. The molecule has 17 heavy (non-hydrogen) atoms. The minimum atomic E-state index is -0.860. The number of hydrazine groups is 1. The van der Waals surface area contributed by atoms with Gasteiger partial charge in [0.2, 0.25) is 0 Å². The van der Waals surface area contributed by atoms with E-state index in [0.29, 0.717) is 16.6 Å². The summed E-state index contributed by atoms with van der Waals surface area (Å²) in [5.41, 5.74) is 2.44. The summed E-state index contributed by atoms with van der Waals surface area (Å²) in [7, 11) is 1.47. The van der Waals surface area contributed by atoms with Crippen molar-refractivity contribution in [2.24, 2.45) is 5.84 Å². The van der Waals surface area contributed by atoms with E-state index < -0.39 is 5.54 Å². The number of phenolic OH excluding ortho intramolecular Hbond substituents is 1. The number of benzene rings is 1. The SMILES string of the molecule is COc1cc(CC(C)(C#N)NN)cc(Br)c1O. The van der Waals surface area contributed by atoms with Crippen molar-refractivity contribution in [3.8, 4) is 17.6 Å². The number of nitrogens with two attached hydrogens (primary N) is 1. The first-order valence-corrected chi connectivity index (χ1v) is 5.69. The zero-order valence-electron chi connectivity index (χ0n) is 9.62. The van der Waals surface area contributed by atoms with Gasteiger partial charge >= 0.3 is 0 Å². The van der Waals surface area contributed by atoms with E-state index in [1.165, 1.54) is 7.11 Å². The Kier molecular flexibility index (Phi) is 4.34. The number of aromatic hydroxyl groups is 1. The van der Waals surface area contributed by atoms with Crippen molar-refractivity contribution in [1.29, 1.82) is 5.26 Å². The van der Waals surface area contributed by atoms with E-state index in [-0.39, 0.29) is 5.75 Å². The molecule has 0 aliphatic rings. The number of hydrogen-bond donors (Lipinski definition) is 3. The van der Waals surface area contributed by atoms with Crippen molar-refractivity contribution in [2.75, 3.05) is 7.11 Å². The van der Waals surface area contributed by atoms with Gasteiger partial charge in [-0.3, -0.25) is 5.84 Å². The van der Waals surface area contributed by atoms with Crippen LogP contribution < -0.4 is 16.0 Å². The second-order valence-corrected chi connectivity index (χ2v) is 4.75. The number of nitrogens with zero attached hydrogens (tertiary/aromatic N) is 1. The van der Waals surface area contributed by atoms with Gasteiger partial charge < -0.3 is 9.84 Å². The Morgan fingerprint density at radius 3 is 2.76 bits per heavy atom. The van der Waals surface area contributed by atoms with E-state index in [1.54, 1.807) is 19.1 Å². The summed E-state index contributed by atoms with van der Waals surface area (Å²) < 4.78 is 5.55. The Morgan fingerprint density at radius 2 is 2.29 bits per heavy atom. The fourth-order valence-electron chi connectivity index (χ4n) is 1.42. The highest BCUT2D eigenvalue weighted by atomic mass is 79.9. The minimum absolute atomic E-state index is 0.0376. The molecule has 0 radical (unpaired) electrons. The molecule has 5 nitrogen and oxygen atoms in total. The molecule has 6 heteroatoms. The van der Waals surface area contributed by atoms with E-state index in [2.05, 4.69) is 27.4 Å². The average Bonchev–Trinajstić information content (AvgIpc) is 2.33. The molecule has 0 saturated heterocycles. The first-order chi connectivity index (χ1) is 7.95. The molecule has 4 N–H and O–H groups in total. The highest BCUT2D eigenvalue weighted by Gasteiger charge is 2.23. The first-order valence-electron chi connectivity index (χ1n) is 4.90. The van der Waals surface area contributed by atoms with Crippen molar-refractivity contribution >= 4 is 15.9 Å². The number of methoxy groups -OCH3 is 1. The van der Waals surface area contributed by atoms with Crippen LogP contribution in [0, 0.1) is 11.3 Å². The molecule has 0 aromatic heterocycles. The molecule has 1 aromatic carbocycles. The lowest BCUT2D eigenvalue weighted by molar-refractivity contribution is 0.370. The quantitative estimate of drug-likeness (QED) is 0.578. The van der Waals surface area contributed by atoms with Crippen molar-refractivity contribution in [2.45, 2.75) is 18.9 Å². The van der Waals surface area contributed by atoms with Crippen LogP contribution in [0.3, 0.4) is 0 Å². The summed E-state index contributed by atoms with van der Waals surface area (Å²) in [5, 5.41) is 18.7. The van der Waals surface area contributed by atoms with Crippen LogP contribution in [0.1, 0.15) is 12.5 Å². The molecular weight excluding hydrogens is 286 g/mol. The molecule has 0 heterocycles. The van der Waals surface area contributed by atoms with E-state index in [9.17, 15) is 5.11 Å². The van der Waals surface area contributed by atoms with Gasteiger partial charge in [0.25, 0.3) is 0 Å². The van der Waals surface area contributed by atoms with Gasteiger partial charge in [0.1, 0.15) is 5.54 Å². The number of nitriles is 1. The topological polar surface area (TPSA) is 91.3 Å². The van der Waals surface area contributed by atoms with Crippen LogP contribution >= 0.6 is 15.9 Å². The lowest BCUT2D eigenvalue weighted by Crippen LogP contribution is -2.47. The highest BCUT2D eigenvalue weighted by molar-refractivity contribution is 9.10. The normalized spacial score (nSPS) is 13.8. The zero-order chi connectivity index (χ0) is 13.1. The molecule has 0 saturated carbocycles. The van der Waals surface area contributed by atoms with Crippen LogP contribution in [0.4, 0.5) is 0 Å². The Bertz CT molecular complexity index is 459. The molecule has 0 bridgehead atoms. The molecule has 0 spiro atoms. The van der Waals surface area contributed by atoms with Crippen molar-refractivity contribution in [3.05, 3.63) is 22.2 Å². The predicted octanol–water partition coefficient (Wildman–Crippen LogP) is 1.45.